The van der Waals surface area contributed by atoms with Crippen LogP contribution in [-0.4, -0.2) is 44.3 Å². The molecule has 0 aliphatic carbocycles. The van der Waals surface area contributed by atoms with E-state index in [1.807, 2.05) is 6.92 Å². The monoisotopic (exact) mass is 561 g/mol. The van der Waals surface area contributed by atoms with Crippen molar-refractivity contribution in [1.29, 1.82) is 0 Å². The lowest BCUT2D eigenvalue weighted by Gasteiger charge is -2.32. The van der Waals surface area contributed by atoms with Crippen LogP contribution >= 0.6 is 0 Å². The summed E-state index contributed by atoms with van der Waals surface area (Å²) in [6.07, 6.45) is -4.06. The standard InChI is InChI=1S/C28H30F3N3O4S/c1-3-17-32-27(36)21(2)33(19-22-11-6-4-7-12-22)26(35)20-34(39(37,38)25-15-8-5-9-16-25)24-14-10-13-23(18-24)28(29,30)31/h4-16,18,21H,3,17,19-20H2,1-2H3,(H,32,36). The van der Waals surface area contributed by atoms with Crippen molar-refractivity contribution in [3.05, 3.63) is 96.1 Å². The number of carbonyl (C=O) groups is 2. The van der Waals surface area contributed by atoms with Crippen LogP contribution in [0.4, 0.5) is 18.9 Å². The number of amides is 2. The van der Waals surface area contributed by atoms with Gasteiger partial charge in [-0.25, -0.2) is 8.42 Å². The fourth-order valence-corrected chi connectivity index (χ4v) is 5.27. The molecule has 11 heteroatoms. The molecule has 3 rings (SSSR count). The summed E-state index contributed by atoms with van der Waals surface area (Å²) in [7, 11) is -4.46. The van der Waals surface area contributed by atoms with Crippen LogP contribution in [0.3, 0.4) is 0 Å². The van der Waals surface area contributed by atoms with E-state index < -0.39 is 46.2 Å². The SMILES string of the molecule is CCCNC(=O)C(C)N(Cc1ccccc1)C(=O)CN(c1cccc(C(F)(F)F)c1)S(=O)(=O)c1ccccc1. The van der Waals surface area contributed by atoms with Gasteiger partial charge >= 0.3 is 6.18 Å². The molecule has 39 heavy (non-hydrogen) atoms. The number of benzene rings is 3. The summed E-state index contributed by atoms with van der Waals surface area (Å²) >= 11 is 0. The van der Waals surface area contributed by atoms with Crippen LogP contribution in [0.2, 0.25) is 0 Å². The zero-order chi connectivity index (χ0) is 28.6. The summed E-state index contributed by atoms with van der Waals surface area (Å²) in [6.45, 7) is 2.94. The van der Waals surface area contributed by atoms with Crippen LogP contribution in [0.1, 0.15) is 31.4 Å². The smallest absolute Gasteiger partial charge is 0.354 e. The highest BCUT2D eigenvalue weighted by atomic mass is 32.2. The fourth-order valence-electron chi connectivity index (χ4n) is 3.84. The Morgan fingerprint density at radius 3 is 2.13 bits per heavy atom. The summed E-state index contributed by atoms with van der Waals surface area (Å²) < 4.78 is 68.4. The van der Waals surface area contributed by atoms with Gasteiger partial charge in [0.2, 0.25) is 11.8 Å². The predicted molar refractivity (Wildman–Crippen MR) is 142 cm³/mol. The van der Waals surface area contributed by atoms with Gasteiger partial charge in [-0.2, -0.15) is 13.2 Å². The van der Waals surface area contributed by atoms with Gasteiger partial charge in [0.25, 0.3) is 10.0 Å². The van der Waals surface area contributed by atoms with Crippen molar-refractivity contribution in [2.45, 2.75) is 43.9 Å². The number of hydrogen-bond donors (Lipinski definition) is 1. The Kier molecular flexibility index (Phi) is 9.74. The molecule has 3 aromatic carbocycles. The maximum atomic E-state index is 13.7. The van der Waals surface area contributed by atoms with Gasteiger partial charge in [-0.05, 0) is 49.2 Å². The molecule has 0 aliphatic heterocycles. The molecule has 0 heterocycles. The van der Waals surface area contributed by atoms with E-state index in [2.05, 4.69) is 5.32 Å². The Morgan fingerprint density at radius 1 is 0.923 bits per heavy atom. The number of hydrogen-bond acceptors (Lipinski definition) is 4. The van der Waals surface area contributed by atoms with E-state index in [1.54, 1.807) is 36.4 Å². The lowest BCUT2D eigenvalue weighted by Crippen LogP contribution is -2.51. The lowest BCUT2D eigenvalue weighted by molar-refractivity contribution is -0.139. The second kappa shape index (κ2) is 12.8. The van der Waals surface area contributed by atoms with E-state index in [-0.39, 0.29) is 17.1 Å². The van der Waals surface area contributed by atoms with Gasteiger partial charge in [-0.15, -0.1) is 0 Å². The molecule has 208 valence electrons. The minimum Gasteiger partial charge on any atom is -0.354 e. The Hall–Kier alpha value is -3.86. The average Bonchev–Trinajstić information content (AvgIpc) is 2.93. The van der Waals surface area contributed by atoms with Gasteiger partial charge in [0.1, 0.15) is 12.6 Å². The van der Waals surface area contributed by atoms with Gasteiger partial charge in [0.15, 0.2) is 0 Å². The van der Waals surface area contributed by atoms with Crippen LogP contribution in [-0.2, 0) is 32.3 Å². The number of carbonyl (C=O) groups excluding carboxylic acids is 2. The van der Waals surface area contributed by atoms with Crippen molar-refractivity contribution >= 4 is 27.5 Å². The molecule has 0 bridgehead atoms. The second-order valence-corrected chi connectivity index (χ2v) is 10.7. The average molecular weight is 562 g/mol. The van der Waals surface area contributed by atoms with Crippen molar-refractivity contribution in [2.24, 2.45) is 0 Å². The number of rotatable bonds is 11. The summed E-state index contributed by atoms with van der Waals surface area (Å²) in [4.78, 5) is 27.6. The fraction of sp³-hybridized carbons (Fsp3) is 0.286. The van der Waals surface area contributed by atoms with Crippen molar-refractivity contribution < 1.29 is 31.2 Å². The molecule has 0 saturated carbocycles. The zero-order valence-electron chi connectivity index (χ0n) is 21.6. The number of sulfonamides is 1. The van der Waals surface area contributed by atoms with Gasteiger partial charge in [-0.1, -0.05) is 61.5 Å². The maximum Gasteiger partial charge on any atom is 0.416 e. The van der Waals surface area contributed by atoms with E-state index in [4.69, 9.17) is 0 Å². The molecule has 0 spiro atoms. The number of halogens is 3. The molecule has 7 nitrogen and oxygen atoms in total. The third-order valence-electron chi connectivity index (χ3n) is 5.98. The number of alkyl halides is 3. The van der Waals surface area contributed by atoms with Crippen LogP contribution in [0.15, 0.2) is 89.8 Å². The maximum absolute atomic E-state index is 13.7. The molecular formula is C28H30F3N3O4S. The van der Waals surface area contributed by atoms with Crippen molar-refractivity contribution in [3.63, 3.8) is 0 Å². The molecule has 1 N–H and O–H groups in total. The first-order valence-corrected chi connectivity index (χ1v) is 13.7. The molecule has 0 aliphatic rings. The lowest BCUT2D eigenvalue weighted by atomic mass is 10.1. The van der Waals surface area contributed by atoms with Gasteiger partial charge in [-0.3, -0.25) is 13.9 Å². The second-order valence-electron chi connectivity index (χ2n) is 8.85. The number of anilines is 1. The molecule has 1 unspecified atom stereocenters. The predicted octanol–water partition coefficient (Wildman–Crippen LogP) is 4.84. The summed E-state index contributed by atoms with van der Waals surface area (Å²) in [5.74, 6) is -1.19. The summed E-state index contributed by atoms with van der Waals surface area (Å²) in [5, 5.41) is 2.73. The first-order valence-electron chi connectivity index (χ1n) is 12.3. The molecule has 0 fully saturated rings. The molecular weight excluding hydrogens is 531 g/mol. The largest absolute Gasteiger partial charge is 0.416 e. The Labute approximate surface area is 226 Å². The quantitative estimate of drug-likeness (QED) is 0.363. The van der Waals surface area contributed by atoms with Crippen LogP contribution in [0.25, 0.3) is 0 Å². The molecule has 0 saturated heterocycles. The Balaban J connectivity index is 2.05. The zero-order valence-corrected chi connectivity index (χ0v) is 22.4. The van der Waals surface area contributed by atoms with Gasteiger partial charge in [0.05, 0.1) is 16.1 Å². The third kappa shape index (κ3) is 7.60. The van der Waals surface area contributed by atoms with E-state index in [9.17, 15) is 31.2 Å². The summed E-state index contributed by atoms with van der Waals surface area (Å²) in [6, 6.07) is 18.7. The molecule has 1 atom stereocenters. The summed E-state index contributed by atoms with van der Waals surface area (Å²) in [5.41, 5.74) is -0.698. The van der Waals surface area contributed by atoms with Crippen molar-refractivity contribution in [3.8, 4) is 0 Å². The van der Waals surface area contributed by atoms with E-state index >= 15 is 0 Å². The van der Waals surface area contributed by atoms with Crippen LogP contribution < -0.4 is 9.62 Å². The van der Waals surface area contributed by atoms with Crippen LogP contribution in [0, 0.1) is 0 Å². The minimum atomic E-state index is -4.73. The number of nitrogens with one attached hydrogen (secondary N) is 1. The third-order valence-corrected chi connectivity index (χ3v) is 7.77. The first-order chi connectivity index (χ1) is 18.4. The van der Waals surface area contributed by atoms with Crippen molar-refractivity contribution in [1.82, 2.24) is 10.2 Å². The normalized spacial score (nSPS) is 12.4. The molecule has 2 amide bonds. The topological polar surface area (TPSA) is 86.8 Å². The van der Waals surface area contributed by atoms with Gasteiger partial charge < -0.3 is 10.2 Å². The highest BCUT2D eigenvalue weighted by Gasteiger charge is 2.35. The van der Waals surface area contributed by atoms with E-state index in [0.717, 1.165) is 12.1 Å². The highest BCUT2D eigenvalue weighted by Crippen LogP contribution is 2.33. The Morgan fingerprint density at radius 2 is 1.54 bits per heavy atom. The van der Waals surface area contributed by atoms with Crippen LogP contribution in [0.5, 0.6) is 0 Å². The van der Waals surface area contributed by atoms with E-state index in [0.29, 0.717) is 28.9 Å². The van der Waals surface area contributed by atoms with Crippen molar-refractivity contribution in [2.75, 3.05) is 17.4 Å². The molecule has 3 aromatic rings. The molecule has 0 radical (unpaired) electrons. The number of nitrogens with zero attached hydrogens (tertiary/aromatic N) is 2. The molecule has 0 aromatic heterocycles. The van der Waals surface area contributed by atoms with E-state index in [1.165, 1.54) is 42.2 Å². The highest BCUT2D eigenvalue weighted by molar-refractivity contribution is 7.92. The van der Waals surface area contributed by atoms with Gasteiger partial charge in [0, 0.05) is 13.1 Å². The Bertz CT molecular complexity index is 1370. The first kappa shape index (κ1) is 29.7. The minimum absolute atomic E-state index is 0.0117.